The van der Waals surface area contributed by atoms with Crippen molar-refractivity contribution in [1.82, 2.24) is 9.78 Å². The van der Waals surface area contributed by atoms with Gasteiger partial charge >= 0.3 is 0 Å². The van der Waals surface area contributed by atoms with E-state index < -0.39 is 0 Å². The van der Waals surface area contributed by atoms with E-state index in [1.165, 1.54) is 5.69 Å². The Hall–Kier alpha value is -0.480. The predicted octanol–water partition coefficient (Wildman–Crippen LogP) is 1.01. The largest absolute Gasteiger partial charge is 0.326 e. The first-order valence-electron chi connectivity index (χ1n) is 4.00. The highest BCUT2D eigenvalue weighted by Crippen LogP contribution is 2.06. The van der Waals surface area contributed by atoms with Crippen LogP contribution in [0, 0.1) is 6.92 Å². The van der Waals surface area contributed by atoms with Crippen molar-refractivity contribution in [2.75, 3.05) is 12.0 Å². The minimum atomic E-state index is 0.588. The van der Waals surface area contributed by atoms with Crippen LogP contribution in [0.5, 0.6) is 0 Å². The molecule has 0 amide bonds. The van der Waals surface area contributed by atoms with E-state index in [0.29, 0.717) is 6.54 Å². The Morgan fingerprint density at radius 3 is 2.92 bits per heavy atom. The summed E-state index contributed by atoms with van der Waals surface area (Å²) in [6, 6.07) is 0. The molecule has 68 valence electrons. The third kappa shape index (κ3) is 2.01. The SMILES string of the molecule is CSCCn1ncc(CN)c1C. The van der Waals surface area contributed by atoms with Crippen molar-refractivity contribution < 1.29 is 0 Å². The molecule has 0 aliphatic rings. The number of nitrogens with zero attached hydrogens (tertiary/aromatic N) is 2. The van der Waals surface area contributed by atoms with E-state index in [2.05, 4.69) is 18.3 Å². The second kappa shape index (κ2) is 4.52. The monoisotopic (exact) mass is 185 g/mol. The number of hydrogen-bond acceptors (Lipinski definition) is 3. The van der Waals surface area contributed by atoms with E-state index >= 15 is 0 Å². The smallest absolute Gasteiger partial charge is 0.0537 e. The van der Waals surface area contributed by atoms with E-state index in [1.807, 2.05) is 22.6 Å². The average Bonchev–Trinajstić information content (AvgIpc) is 2.43. The maximum absolute atomic E-state index is 5.53. The summed E-state index contributed by atoms with van der Waals surface area (Å²) in [7, 11) is 0. The minimum Gasteiger partial charge on any atom is -0.326 e. The number of thioether (sulfide) groups is 1. The van der Waals surface area contributed by atoms with Crippen molar-refractivity contribution in [3.05, 3.63) is 17.5 Å². The number of rotatable bonds is 4. The fourth-order valence-corrected chi connectivity index (χ4v) is 1.44. The highest BCUT2D eigenvalue weighted by atomic mass is 32.2. The molecule has 0 saturated heterocycles. The van der Waals surface area contributed by atoms with Gasteiger partial charge in [0.25, 0.3) is 0 Å². The van der Waals surface area contributed by atoms with Crippen LogP contribution in [0.15, 0.2) is 6.20 Å². The fourth-order valence-electron chi connectivity index (χ4n) is 1.09. The van der Waals surface area contributed by atoms with Crippen LogP contribution in [0.2, 0.25) is 0 Å². The van der Waals surface area contributed by atoms with E-state index in [0.717, 1.165) is 17.9 Å². The second-order valence-electron chi connectivity index (χ2n) is 2.68. The molecule has 3 nitrogen and oxygen atoms in total. The van der Waals surface area contributed by atoms with Crippen LogP contribution < -0.4 is 5.73 Å². The second-order valence-corrected chi connectivity index (χ2v) is 3.66. The number of nitrogens with two attached hydrogens (primary N) is 1. The highest BCUT2D eigenvalue weighted by molar-refractivity contribution is 7.98. The lowest BCUT2D eigenvalue weighted by molar-refractivity contribution is 0.644. The van der Waals surface area contributed by atoms with E-state index in [1.54, 1.807) is 0 Å². The van der Waals surface area contributed by atoms with Gasteiger partial charge in [-0.15, -0.1) is 0 Å². The van der Waals surface area contributed by atoms with Crippen LogP contribution in [0.1, 0.15) is 11.3 Å². The van der Waals surface area contributed by atoms with Gasteiger partial charge in [0.05, 0.1) is 12.7 Å². The van der Waals surface area contributed by atoms with Gasteiger partial charge in [0.15, 0.2) is 0 Å². The summed E-state index contributed by atoms with van der Waals surface area (Å²) in [6.45, 7) is 3.63. The quantitative estimate of drug-likeness (QED) is 0.761. The number of aryl methyl sites for hydroxylation is 1. The predicted molar refractivity (Wildman–Crippen MR) is 53.2 cm³/mol. The van der Waals surface area contributed by atoms with E-state index in [9.17, 15) is 0 Å². The van der Waals surface area contributed by atoms with Gasteiger partial charge in [-0.3, -0.25) is 4.68 Å². The van der Waals surface area contributed by atoms with E-state index in [-0.39, 0.29) is 0 Å². The zero-order valence-corrected chi connectivity index (χ0v) is 8.40. The summed E-state index contributed by atoms with van der Waals surface area (Å²) in [5.74, 6) is 1.10. The third-order valence-corrected chi connectivity index (χ3v) is 2.52. The van der Waals surface area contributed by atoms with Crippen LogP contribution in [0.3, 0.4) is 0 Å². The van der Waals surface area contributed by atoms with Gasteiger partial charge in [-0.2, -0.15) is 16.9 Å². The Kier molecular flexibility index (Phi) is 3.62. The molecule has 1 aromatic heterocycles. The minimum absolute atomic E-state index is 0.588. The molecule has 0 aliphatic carbocycles. The van der Waals surface area contributed by atoms with Gasteiger partial charge in [0, 0.05) is 23.6 Å². The van der Waals surface area contributed by atoms with Gasteiger partial charge in [-0.25, -0.2) is 0 Å². The molecule has 1 heterocycles. The maximum Gasteiger partial charge on any atom is 0.0537 e. The molecule has 0 aromatic carbocycles. The van der Waals surface area contributed by atoms with Crippen LogP contribution >= 0.6 is 11.8 Å². The van der Waals surface area contributed by atoms with Crippen molar-refractivity contribution >= 4 is 11.8 Å². The molecule has 12 heavy (non-hydrogen) atoms. The molecule has 0 spiro atoms. The molecule has 4 heteroatoms. The fraction of sp³-hybridized carbons (Fsp3) is 0.625. The Bertz CT molecular complexity index is 244. The third-order valence-electron chi connectivity index (χ3n) is 1.93. The van der Waals surface area contributed by atoms with Crippen molar-refractivity contribution in [2.24, 2.45) is 5.73 Å². The van der Waals surface area contributed by atoms with Crippen molar-refractivity contribution in [3.63, 3.8) is 0 Å². The first-order valence-corrected chi connectivity index (χ1v) is 5.39. The summed E-state index contributed by atoms with van der Waals surface area (Å²) in [6.07, 6.45) is 3.96. The molecule has 0 aliphatic heterocycles. The van der Waals surface area contributed by atoms with Crippen molar-refractivity contribution in [1.29, 1.82) is 0 Å². The normalized spacial score (nSPS) is 10.6. The Labute approximate surface area is 77.3 Å². The summed E-state index contributed by atoms with van der Waals surface area (Å²) in [4.78, 5) is 0. The van der Waals surface area contributed by atoms with Crippen LogP contribution in [-0.4, -0.2) is 21.8 Å². The molecular formula is C8H15N3S. The Balaban J connectivity index is 2.66. The lowest BCUT2D eigenvalue weighted by Crippen LogP contribution is -2.05. The topological polar surface area (TPSA) is 43.8 Å². The molecular weight excluding hydrogens is 170 g/mol. The zero-order chi connectivity index (χ0) is 8.97. The van der Waals surface area contributed by atoms with Crippen LogP contribution in [0.25, 0.3) is 0 Å². The molecule has 0 atom stereocenters. The number of hydrogen-bond donors (Lipinski definition) is 1. The van der Waals surface area contributed by atoms with Gasteiger partial charge < -0.3 is 5.73 Å². The summed E-state index contributed by atoms with van der Waals surface area (Å²) in [5.41, 5.74) is 7.88. The molecule has 1 rings (SSSR count). The standard InChI is InChI=1S/C8H15N3S/c1-7-8(5-9)6-10-11(7)3-4-12-2/h6H,3-5,9H2,1-2H3. The van der Waals surface area contributed by atoms with Crippen LogP contribution in [0.4, 0.5) is 0 Å². The van der Waals surface area contributed by atoms with Gasteiger partial charge in [-0.1, -0.05) is 0 Å². The molecule has 0 radical (unpaired) electrons. The summed E-state index contributed by atoms with van der Waals surface area (Å²) >= 11 is 1.83. The molecule has 1 aromatic rings. The first kappa shape index (κ1) is 9.61. The Morgan fingerprint density at radius 1 is 1.67 bits per heavy atom. The highest BCUT2D eigenvalue weighted by Gasteiger charge is 2.02. The van der Waals surface area contributed by atoms with Gasteiger partial charge in [0.2, 0.25) is 0 Å². The summed E-state index contributed by atoms with van der Waals surface area (Å²) in [5, 5.41) is 4.25. The first-order chi connectivity index (χ1) is 5.79. The lowest BCUT2D eigenvalue weighted by Gasteiger charge is -2.02. The van der Waals surface area contributed by atoms with Gasteiger partial charge in [0.1, 0.15) is 0 Å². The molecule has 0 unspecified atom stereocenters. The average molecular weight is 185 g/mol. The van der Waals surface area contributed by atoms with Crippen molar-refractivity contribution in [2.45, 2.75) is 20.0 Å². The van der Waals surface area contributed by atoms with Gasteiger partial charge in [-0.05, 0) is 13.2 Å². The maximum atomic E-state index is 5.53. The molecule has 2 N–H and O–H groups in total. The zero-order valence-electron chi connectivity index (χ0n) is 7.58. The Morgan fingerprint density at radius 2 is 2.42 bits per heavy atom. The molecule has 0 fully saturated rings. The molecule has 0 saturated carbocycles. The van der Waals surface area contributed by atoms with Crippen molar-refractivity contribution in [3.8, 4) is 0 Å². The van der Waals surface area contributed by atoms with E-state index in [4.69, 9.17) is 5.73 Å². The number of aromatic nitrogens is 2. The summed E-state index contributed by atoms with van der Waals surface area (Å²) < 4.78 is 2.01. The lowest BCUT2D eigenvalue weighted by atomic mass is 10.3. The molecule has 0 bridgehead atoms. The van der Waals surface area contributed by atoms with Crippen LogP contribution in [-0.2, 0) is 13.1 Å².